The molecule has 0 unspecified atom stereocenters. The quantitative estimate of drug-likeness (QED) is 0.114. The van der Waals surface area contributed by atoms with Crippen LogP contribution in [0.1, 0.15) is 44.5 Å². The standard InChI is InChI=1S/C72H48O4/c1-3-73-59-33-25-47-39-55(29-21-51(47)43-59)71(67-17-9-5-13-63(67)64-14-6-10-18-68(64)71)57-31-23-53-45-61(35-27-49(53)41-57)75-37-38-76-62-36-28-50-42-58(32-24-54(50)46-62)72(56-30-22-52-44-60(74-4-2)34-26-48(52)40-56)69-19-11-7-15-65(69)66-16-8-12-20-70(66)72/h3-46H,1-2H2/b38-37+. The first-order valence-electron chi connectivity index (χ1n) is 25.6. The minimum Gasteiger partial charge on any atom is -0.466 e. The Kier molecular flexibility index (Phi) is 10.6. The lowest BCUT2D eigenvalue weighted by molar-refractivity contribution is 0.422. The van der Waals surface area contributed by atoms with E-state index in [9.17, 15) is 0 Å². The van der Waals surface area contributed by atoms with Crippen molar-refractivity contribution < 1.29 is 18.9 Å². The van der Waals surface area contributed by atoms with Crippen LogP contribution < -0.4 is 18.9 Å². The minimum atomic E-state index is -0.548. The van der Waals surface area contributed by atoms with Crippen LogP contribution in [0.2, 0.25) is 0 Å². The van der Waals surface area contributed by atoms with Crippen LogP contribution in [0.25, 0.3) is 65.3 Å². The van der Waals surface area contributed by atoms with Crippen LogP contribution in [0, 0.1) is 0 Å². The molecule has 0 bridgehead atoms. The fraction of sp³-hybridized carbons (Fsp3) is 0.0278. The van der Waals surface area contributed by atoms with Crippen molar-refractivity contribution in [2.24, 2.45) is 0 Å². The van der Waals surface area contributed by atoms with E-state index in [0.29, 0.717) is 11.5 Å². The highest BCUT2D eigenvalue weighted by molar-refractivity contribution is 5.94. The molecular formula is C72H48O4. The Morgan fingerprint density at radius 1 is 0.250 bits per heavy atom. The molecule has 0 fully saturated rings. The third kappa shape index (κ3) is 6.99. The van der Waals surface area contributed by atoms with E-state index < -0.39 is 10.8 Å². The predicted molar refractivity (Wildman–Crippen MR) is 310 cm³/mol. The molecule has 0 aromatic heterocycles. The molecule has 0 heterocycles. The van der Waals surface area contributed by atoms with Crippen LogP contribution in [0.4, 0.5) is 0 Å². The second kappa shape index (κ2) is 17.9. The van der Waals surface area contributed by atoms with Gasteiger partial charge in [0.15, 0.2) is 0 Å². The smallest absolute Gasteiger partial charge is 0.127 e. The summed E-state index contributed by atoms with van der Waals surface area (Å²) in [7, 11) is 0. The minimum absolute atomic E-state index is 0.548. The highest BCUT2D eigenvalue weighted by Crippen LogP contribution is 2.58. The van der Waals surface area contributed by atoms with Crippen LogP contribution in [0.5, 0.6) is 23.0 Å². The van der Waals surface area contributed by atoms with Crippen LogP contribution >= 0.6 is 0 Å². The summed E-state index contributed by atoms with van der Waals surface area (Å²) in [5.41, 5.74) is 13.8. The lowest BCUT2D eigenvalue weighted by Crippen LogP contribution is -2.28. The van der Waals surface area contributed by atoms with Gasteiger partial charge in [0.2, 0.25) is 0 Å². The van der Waals surface area contributed by atoms with E-state index >= 15 is 0 Å². The molecule has 360 valence electrons. The number of ether oxygens (including phenoxy) is 4. The van der Waals surface area contributed by atoms with Gasteiger partial charge in [0.05, 0.1) is 23.4 Å². The third-order valence-corrected chi connectivity index (χ3v) is 15.8. The van der Waals surface area contributed by atoms with Gasteiger partial charge in [0.25, 0.3) is 0 Å². The molecule has 0 radical (unpaired) electrons. The summed E-state index contributed by atoms with van der Waals surface area (Å²) in [6, 6.07) is 87.6. The lowest BCUT2D eigenvalue weighted by atomic mass is 9.67. The van der Waals surface area contributed by atoms with Crippen LogP contribution in [-0.4, -0.2) is 0 Å². The number of hydrogen-bond acceptors (Lipinski definition) is 4. The van der Waals surface area contributed by atoms with E-state index in [2.05, 4.69) is 232 Å². The average Bonchev–Trinajstić information content (AvgIpc) is 4.19. The van der Waals surface area contributed by atoms with E-state index in [1.807, 2.05) is 24.3 Å². The van der Waals surface area contributed by atoms with Gasteiger partial charge in [-0.1, -0.05) is 183 Å². The molecule has 0 saturated carbocycles. The zero-order valence-electron chi connectivity index (χ0n) is 41.5. The fourth-order valence-electron chi connectivity index (χ4n) is 12.6. The molecule has 4 heteroatoms. The van der Waals surface area contributed by atoms with E-state index in [1.54, 1.807) is 12.5 Å². The normalized spacial score (nSPS) is 13.5. The van der Waals surface area contributed by atoms with E-state index in [0.717, 1.165) is 54.6 Å². The van der Waals surface area contributed by atoms with E-state index in [-0.39, 0.29) is 0 Å². The van der Waals surface area contributed by atoms with E-state index in [1.165, 1.54) is 79.3 Å². The van der Waals surface area contributed by atoms with Crippen molar-refractivity contribution in [2.75, 3.05) is 0 Å². The predicted octanol–water partition coefficient (Wildman–Crippen LogP) is 18.0. The van der Waals surface area contributed by atoms with Crippen LogP contribution in [0.15, 0.2) is 281 Å². The molecule has 0 amide bonds. The Balaban J connectivity index is 0.752. The van der Waals surface area contributed by atoms with Crippen molar-refractivity contribution in [3.8, 4) is 45.3 Å². The molecule has 14 rings (SSSR count). The molecule has 2 aliphatic carbocycles. The van der Waals surface area contributed by atoms with Gasteiger partial charge in [0, 0.05) is 0 Å². The van der Waals surface area contributed by atoms with Crippen molar-refractivity contribution in [3.05, 3.63) is 325 Å². The Morgan fingerprint density at radius 3 is 0.763 bits per heavy atom. The molecule has 0 atom stereocenters. The van der Waals surface area contributed by atoms with Crippen LogP contribution in [-0.2, 0) is 10.8 Å². The van der Waals surface area contributed by atoms with Crippen molar-refractivity contribution >= 4 is 43.1 Å². The third-order valence-electron chi connectivity index (χ3n) is 15.8. The Morgan fingerprint density at radius 2 is 0.487 bits per heavy atom. The summed E-state index contributed by atoms with van der Waals surface area (Å²) in [4.78, 5) is 0. The fourth-order valence-corrected chi connectivity index (χ4v) is 12.6. The van der Waals surface area contributed by atoms with Gasteiger partial charge in [-0.05, 0) is 183 Å². The maximum Gasteiger partial charge on any atom is 0.127 e. The Labute approximate surface area is 441 Å². The summed E-state index contributed by atoms with van der Waals surface area (Å²) in [5, 5.41) is 8.89. The summed E-state index contributed by atoms with van der Waals surface area (Å²) in [6.07, 6.45) is 6.14. The zero-order valence-corrected chi connectivity index (χ0v) is 41.5. The molecule has 76 heavy (non-hydrogen) atoms. The monoisotopic (exact) mass is 976 g/mol. The highest BCUT2D eigenvalue weighted by atomic mass is 16.5. The molecule has 2 aliphatic rings. The maximum absolute atomic E-state index is 6.20. The van der Waals surface area contributed by atoms with Crippen LogP contribution in [0.3, 0.4) is 0 Å². The summed E-state index contributed by atoms with van der Waals surface area (Å²) in [5.74, 6) is 2.97. The number of rotatable bonds is 12. The number of benzene rings is 12. The lowest BCUT2D eigenvalue weighted by Gasteiger charge is -2.34. The second-order valence-electron chi connectivity index (χ2n) is 19.7. The van der Waals surface area contributed by atoms with Gasteiger partial charge >= 0.3 is 0 Å². The van der Waals surface area contributed by atoms with Gasteiger partial charge in [-0.2, -0.15) is 0 Å². The summed E-state index contributed by atoms with van der Waals surface area (Å²) < 4.78 is 23.7. The summed E-state index contributed by atoms with van der Waals surface area (Å²) in [6.45, 7) is 7.49. The molecule has 0 spiro atoms. The molecule has 0 saturated heterocycles. The molecule has 4 nitrogen and oxygen atoms in total. The Hall–Kier alpha value is -9.90. The maximum atomic E-state index is 6.20. The largest absolute Gasteiger partial charge is 0.466 e. The SMILES string of the molecule is C=COc1ccc2cc(C3(c4ccc5cc(O/C=C/Oc6ccc7cc(C8(c9ccc%10cc(OC=C)ccc%10c9)c9ccccc9-c9ccccc98)ccc7c6)ccc5c4)c4ccccc4-c4ccccc43)ccc2c1. The first-order chi connectivity index (χ1) is 37.5. The number of fused-ring (bicyclic) bond motifs is 10. The van der Waals surface area contributed by atoms with Gasteiger partial charge < -0.3 is 18.9 Å². The molecule has 0 aliphatic heterocycles. The van der Waals surface area contributed by atoms with Crippen molar-refractivity contribution in [1.29, 1.82) is 0 Å². The summed E-state index contributed by atoms with van der Waals surface area (Å²) >= 11 is 0. The van der Waals surface area contributed by atoms with Gasteiger partial charge in [-0.15, -0.1) is 0 Å². The molecule has 12 aromatic carbocycles. The van der Waals surface area contributed by atoms with Gasteiger partial charge in [-0.25, -0.2) is 0 Å². The first-order valence-corrected chi connectivity index (χ1v) is 25.6. The Bertz CT molecular complexity index is 4000. The number of hydrogen-bond donors (Lipinski definition) is 0. The van der Waals surface area contributed by atoms with Crippen molar-refractivity contribution in [2.45, 2.75) is 10.8 Å². The van der Waals surface area contributed by atoms with Gasteiger partial charge in [0.1, 0.15) is 35.5 Å². The topological polar surface area (TPSA) is 36.9 Å². The van der Waals surface area contributed by atoms with E-state index in [4.69, 9.17) is 18.9 Å². The molecule has 0 N–H and O–H groups in total. The average molecular weight is 977 g/mol. The zero-order chi connectivity index (χ0) is 50.8. The highest BCUT2D eigenvalue weighted by Gasteiger charge is 2.47. The molecular weight excluding hydrogens is 929 g/mol. The first kappa shape index (κ1) is 44.8. The van der Waals surface area contributed by atoms with Gasteiger partial charge in [-0.3, -0.25) is 0 Å². The second-order valence-corrected chi connectivity index (χ2v) is 19.7. The van der Waals surface area contributed by atoms with Crippen molar-refractivity contribution in [3.63, 3.8) is 0 Å². The molecule has 12 aromatic rings. The van der Waals surface area contributed by atoms with Crippen molar-refractivity contribution in [1.82, 2.24) is 0 Å².